The Hall–Kier alpha value is -1.77. The van der Waals surface area contributed by atoms with Crippen molar-refractivity contribution in [2.24, 2.45) is 0 Å². The molecule has 0 aromatic carbocycles. The molecule has 0 aromatic heterocycles. The molecule has 0 aliphatic carbocycles. The fourth-order valence-corrected chi connectivity index (χ4v) is 2.57. The van der Waals surface area contributed by atoms with Crippen molar-refractivity contribution in [2.75, 3.05) is 19.9 Å². The zero-order valence-electron chi connectivity index (χ0n) is 10.5. The van der Waals surface area contributed by atoms with Gasteiger partial charge < -0.3 is 15.4 Å². The van der Waals surface area contributed by atoms with Gasteiger partial charge in [-0.2, -0.15) is 0 Å². The number of nitrogens with one attached hydrogen (secondary N) is 3. The lowest BCUT2D eigenvalue weighted by atomic mass is 10.3. The molecule has 1 aliphatic rings. The van der Waals surface area contributed by atoms with Crippen LogP contribution in [-0.4, -0.2) is 55.0 Å². The van der Waals surface area contributed by atoms with Crippen LogP contribution in [0.2, 0.25) is 0 Å². The summed E-state index contributed by atoms with van der Waals surface area (Å²) in [4.78, 5) is 45.0. The summed E-state index contributed by atoms with van der Waals surface area (Å²) in [5.41, 5.74) is 0. The molecule has 1 heterocycles. The Morgan fingerprint density at radius 2 is 2.21 bits per heavy atom. The van der Waals surface area contributed by atoms with Gasteiger partial charge in [-0.1, -0.05) is 0 Å². The van der Waals surface area contributed by atoms with E-state index in [9.17, 15) is 19.2 Å². The molecule has 2 atom stereocenters. The average molecular weight is 289 g/mol. The molecular formula is C10H15N3O5S. The molecule has 0 aromatic rings. The van der Waals surface area contributed by atoms with Crippen molar-refractivity contribution in [3.8, 4) is 0 Å². The van der Waals surface area contributed by atoms with E-state index in [1.807, 2.05) is 0 Å². The first-order valence-electron chi connectivity index (χ1n) is 5.49. The highest BCUT2D eigenvalue weighted by Crippen LogP contribution is 2.20. The van der Waals surface area contributed by atoms with Crippen LogP contribution in [0, 0.1) is 0 Å². The predicted octanol–water partition coefficient (Wildman–Crippen LogP) is -1.39. The minimum Gasteiger partial charge on any atom is -0.453 e. The number of hydrogen-bond donors (Lipinski definition) is 3. The van der Waals surface area contributed by atoms with E-state index in [0.717, 1.165) is 11.8 Å². The van der Waals surface area contributed by atoms with Gasteiger partial charge in [-0.15, -0.1) is 11.8 Å². The van der Waals surface area contributed by atoms with Crippen LogP contribution in [0.15, 0.2) is 0 Å². The monoisotopic (exact) mass is 289 g/mol. The number of ether oxygens (including phenoxy) is 1. The van der Waals surface area contributed by atoms with Crippen LogP contribution in [0.1, 0.15) is 6.42 Å². The minimum atomic E-state index is -0.828. The molecule has 3 N–H and O–H groups in total. The van der Waals surface area contributed by atoms with E-state index < -0.39 is 23.3 Å². The molecule has 19 heavy (non-hydrogen) atoms. The van der Waals surface area contributed by atoms with Gasteiger partial charge in [0.25, 0.3) is 0 Å². The van der Waals surface area contributed by atoms with Crippen molar-refractivity contribution in [3.05, 3.63) is 0 Å². The molecule has 0 spiro atoms. The Balaban J connectivity index is 2.53. The van der Waals surface area contributed by atoms with Crippen LogP contribution in [0.25, 0.3) is 0 Å². The molecule has 1 fully saturated rings. The van der Waals surface area contributed by atoms with Gasteiger partial charge in [0.15, 0.2) is 0 Å². The summed E-state index contributed by atoms with van der Waals surface area (Å²) in [5, 5.41) is 6.40. The lowest BCUT2D eigenvalue weighted by Crippen LogP contribution is -2.47. The molecule has 1 rings (SSSR count). The van der Waals surface area contributed by atoms with E-state index in [1.54, 1.807) is 0 Å². The topological polar surface area (TPSA) is 114 Å². The summed E-state index contributed by atoms with van der Waals surface area (Å²) >= 11 is 1.14. The molecule has 4 amide bonds. The number of carbonyl (C=O) groups is 4. The Morgan fingerprint density at radius 3 is 2.68 bits per heavy atom. The third-order valence-electron chi connectivity index (χ3n) is 2.43. The Kier molecular flexibility index (Phi) is 5.61. The predicted molar refractivity (Wildman–Crippen MR) is 67.4 cm³/mol. The summed E-state index contributed by atoms with van der Waals surface area (Å²) in [5.74, 6) is -0.938. The van der Waals surface area contributed by atoms with Crippen LogP contribution in [0.3, 0.4) is 0 Å². The van der Waals surface area contributed by atoms with Crippen LogP contribution >= 0.6 is 11.8 Å². The number of rotatable bonds is 5. The van der Waals surface area contributed by atoms with Gasteiger partial charge in [0.05, 0.1) is 12.4 Å². The van der Waals surface area contributed by atoms with Crippen LogP contribution in [-0.2, 0) is 19.1 Å². The summed E-state index contributed by atoms with van der Waals surface area (Å²) in [6.45, 7) is 0. The first kappa shape index (κ1) is 15.3. The standard InChI is InChI=1S/C10H15N3O5S/c1-11-8(15)5(12-10(17)18-2)4-19-6-3-7(14)13-9(6)16/h5-6H,3-4H2,1-2H3,(H,11,15)(H,12,17)(H,13,14,16). The van der Waals surface area contributed by atoms with Crippen LogP contribution in [0.4, 0.5) is 4.79 Å². The fraction of sp³-hybridized carbons (Fsp3) is 0.600. The van der Waals surface area contributed by atoms with Gasteiger partial charge in [-0.25, -0.2) is 4.79 Å². The van der Waals surface area contributed by atoms with Crippen molar-refractivity contribution in [1.29, 1.82) is 0 Å². The molecule has 106 valence electrons. The van der Waals surface area contributed by atoms with Crippen LogP contribution < -0.4 is 16.0 Å². The SMILES string of the molecule is CNC(=O)C(CSC1CC(=O)NC1=O)NC(=O)OC. The third-order valence-corrected chi connectivity index (χ3v) is 3.74. The summed E-state index contributed by atoms with van der Waals surface area (Å²) in [7, 11) is 2.62. The molecule has 1 saturated heterocycles. The number of amides is 4. The number of alkyl carbamates (subject to hydrolysis) is 1. The van der Waals surface area contributed by atoms with E-state index >= 15 is 0 Å². The molecule has 9 heteroatoms. The van der Waals surface area contributed by atoms with Crippen LogP contribution in [0.5, 0.6) is 0 Å². The van der Waals surface area contributed by atoms with Crippen molar-refractivity contribution in [2.45, 2.75) is 17.7 Å². The van der Waals surface area contributed by atoms with Crippen molar-refractivity contribution in [3.63, 3.8) is 0 Å². The van der Waals surface area contributed by atoms with Gasteiger partial charge in [-0.05, 0) is 0 Å². The highest BCUT2D eigenvalue weighted by Gasteiger charge is 2.32. The Morgan fingerprint density at radius 1 is 1.53 bits per heavy atom. The number of thioether (sulfide) groups is 1. The lowest BCUT2D eigenvalue weighted by Gasteiger charge is -2.17. The molecule has 0 radical (unpaired) electrons. The van der Waals surface area contributed by atoms with E-state index in [0.29, 0.717) is 0 Å². The van der Waals surface area contributed by atoms with Gasteiger partial charge in [0.1, 0.15) is 6.04 Å². The van der Waals surface area contributed by atoms with Crippen molar-refractivity contribution < 1.29 is 23.9 Å². The summed E-state index contributed by atoms with van der Waals surface area (Å²) in [6.07, 6.45) is -0.650. The smallest absolute Gasteiger partial charge is 0.407 e. The molecule has 0 bridgehead atoms. The average Bonchev–Trinajstić information content (AvgIpc) is 2.71. The first-order valence-corrected chi connectivity index (χ1v) is 6.54. The normalized spacial score (nSPS) is 19.6. The first-order chi connectivity index (χ1) is 8.97. The molecular weight excluding hydrogens is 274 g/mol. The summed E-state index contributed by atoms with van der Waals surface area (Å²) < 4.78 is 4.41. The molecule has 1 aliphatic heterocycles. The Labute approximate surface area is 114 Å². The quantitative estimate of drug-likeness (QED) is 0.537. The fourth-order valence-electron chi connectivity index (χ4n) is 1.44. The minimum absolute atomic E-state index is 0.0855. The highest BCUT2D eigenvalue weighted by atomic mass is 32.2. The van der Waals surface area contributed by atoms with E-state index in [2.05, 4.69) is 20.7 Å². The summed E-state index contributed by atoms with van der Waals surface area (Å²) in [6, 6.07) is -0.828. The second-order valence-electron chi connectivity index (χ2n) is 3.74. The largest absolute Gasteiger partial charge is 0.453 e. The zero-order valence-corrected chi connectivity index (χ0v) is 11.3. The van der Waals surface area contributed by atoms with Gasteiger partial charge in [0, 0.05) is 19.2 Å². The molecule has 0 saturated carbocycles. The highest BCUT2D eigenvalue weighted by molar-refractivity contribution is 8.00. The van der Waals surface area contributed by atoms with E-state index in [4.69, 9.17) is 0 Å². The van der Waals surface area contributed by atoms with E-state index in [-0.39, 0.29) is 24.0 Å². The number of methoxy groups -OCH3 is 1. The lowest BCUT2D eigenvalue weighted by molar-refractivity contribution is -0.125. The maximum Gasteiger partial charge on any atom is 0.407 e. The molecule has 8 nitrogen and oxygen atoms in total. The number of carbonyl (C=O) groups excluding carboxylic acids is 4. The maximum atomic E-state index is 11.6. The van der Waals surface area contributed by atoms with Crippen molar-refractivity contribution >= 4 is 35.6 Å². The molecule has 2 unspecified atom stereocenters. The number of hydrogen-bond acceptors (Lipinski definition) is 6. The van der Waals surface area contributed by atoms with Gasteiger partial charge in [0.2, 0.25) is 17.7 Å². The zero-order chi connectivity index (χ0) is 14.4. The second-order valence-corrected chi connectivity index (χ2v) is 4.98. The van der Waals surface area contributed by atoms with E-state index in [1.165, 1.54) is 14.2 Å². The van der Waals surface area contributed by atoms with Gasteiger partial charge in [-0.3, -0.25) is 19.7 Å². The second kappa shape index (κ2) is 6.98. The Bertz CT molecular complexity index is 401. The maximum absolute atomic E-state index is 11.6. The number of imide groups is 1. The third kappa shape index (κ3) is 4.43. The van der Waals surface area contributed by atoms with Crippen molar-refractivity contribution in [1.82, 2.24) is 16.0 Å². The number of likely N-dealkylation sites (N-methyl/N-ethyl adjacent to an activating group) is 1. The van der Waals surface area contributed by atoms with Gasteiger partial charge >= 0.3 is 6.09 Å².